The van der Waals surface area contributed by atoms with Crippen molar-refractivity contribution >= 4 is 52.5 Å². The molecule has 0 spiro atoms. The highest BCUT2D eigenvalue weighted by Crippen LogP contribution is 2.28. The third-order valence-corrected chi connectivity index (χ3v) is 4.16. The molecule has 0 radical (unpaired) electrons. The molecule has 0 aromatic heterocycles. The second-order valence-electron chi connectivity index (χ2n) is 5.17. The van der Waals surface area contributed by atoms with Crippen LogP contribution in [-0.2, 0) is 20.7 Å². The molecule has 0 aliphatic rings. The standard InChI is InChI=1S/C18H14Cl2N2O4/c1-26-16(24)8-6-11-5-7-12(9-15(11)21-10-23)22-18(25)17-13(19)3-2-4-14(17)20/h2-5,7,9H,6,8H2,1H3,(H,22,25). The third kappa shape index (κ3) is 4.92. The summed E-state index contributed by atoms with van der Waals surface area (Å²) in [5.74, 6) is -0.874. The average Bonchev–Trinajstić information content (AvgIpc) is 2.61. The highest BCUT2D eigenvalue weighted by atomic mass is 35.5. The number of nitrogens with zero attached hydrogens (tertiary/aromatic N) is 1. The monoisotopic (exact) mass is 392 g/mol. The Hall–Kier alpha value is -2.66. The van der Waals surface area contributed by atoms with Crippen LogP contribution in [0.3, 0.4) is 0 Å². The van der Waals surface area contributed by atoms with E-state index < -0.39 is 5.91 Å². The zero-order valence-corrected chi connectivity index (χ0v) is 15.2. The van der Waals surface area contributed by atoms with Gasteiger partial charge in [0.15, 0.2) is 0 Å². The summed E-state index contributed by atoms with van der Waals surface area (Å²) in [5.41, 5.74) is 1.48. The lowest BCUT2D eigenvalue weighted by atomic mass is 10.1. The third-order valence-electron chi connectivity index (χ3n) is 3.53. The Morgan fingerprint density at radius 3 is 2.50 bits per heavy atom. The molecule has 0 atom stereocenters. The molecule has 0 unspecified atom stereocenters. The molecule has 134 valence electrons. The van der Waals surface area contributed by atoms with Crippen molar-refractivity contribution in [2.45, 2.75) is 12.8 Å². The number of esters is 1. The summed E-state index contributed by atoms with van der Waals surface area (Å²) in [7, 11) is 1.30. The van der Waals surface area contributed by atoms with E-state index in [0.717, 1.165) is 0 Å². The van der Waals surface area contributed by atoms with Gasteiger partial charge >= 0.3 is 5.97 Å². The number of methoxy groups -OCH3 is 1. The van der Waals surface area contributed by atoms with Crippen LogP contribution in [0.2, 0.25) is 10.0 Å². The van der Waals surface area contributed by atoms with E-state index in [1.165, 1.54) is 19.3 Å². The van der Waals surface area contributed by atoms with Crippen LogP contribution < -0.4 is 5.32 Å². The number of aliphatic imine (C=N–C) groups is 1. The fraction of sp³-hybridized carbons (Fsp3) is 0.167. The number of carbonyl (C=O) groups excluding carboxylic acids is 3. The maximum Gasteiger partial charge on any atom is 0.305 e. The second-order valence-corrected chi connectivity index (χ2v) is 5.99. The summed E-state index contributed by atoms with van der Waals surface area (Å²) in [6, 6.07) is 9.53. The van der Waals surface area contributed by atoms with Crippen molar-refractivity contribution in [3.05, 3.63) is 57.6 Å². The number of nitrogens with one attached hydrogen (secondary N) is 1. The lowest BCUT2D eigenvalue weighted by Gasteiger charge is -2.10. The normalized spacial score (nSPS) is 9.96. The molecule has 1 amide bonds. The fourth-order valence-electron chi connectivity index (χ4n) is 2.25. The molecular weight excluding hydrogens is 379 g/mol. The van der Waals surface area contributed by atoms with Gasteiger partial charge in [-0.3, -0.25) is 9.59 Å². The van der Waals surface area contributed by atoms with E-state index in [1.54, 1.807) is 30.3 Å². The molecule has 1 N–H and O–H groups in total. The second kappa shape index (κ2) is 9.15. The minimum absolute atomic E-state index is 0.138. The summed E-state index contributed by atoms with van der Waals surface area (Å²) >= 11 is 12.0. The molecule has 0 fully saturated rings. The van der Waals surface area contributed by atoms with E-state index in [0.29, 0.717) is 23.4 Å². The maximum absolute atomic E-state index is 12.4. The summed E-state index contributed by atoms with van der Waals surface area (Å²) in [4.78, 5) is 38.0. The maximum atomic E-state index is 12.4. The van der Waals surface area contributed by atoms with Gasteiger partial charge in [0.25, 0.3) is 5.91 Å². The van der Waals surface area contributed by atoms with Gasteiger partial charge in [-0.1, -0.05) is 35.3 Å². The van der Waals surface area contributed by atoms with Gasteiger partial charge in [-0.25, -0.2) is 4.79 Å². The smallest absolute Gasteiger partial charge is 0.305 e. The molecule has 0 saturated carbocycles. The Bertz CT molecular complexity index is 873. The van der Waals surface area contributed by atoms with Crippen LogP contribution in [0.25, 0.3) is 0 Å². The summed E-state index contributed by atoms with van der Waals surface area (Å²) < 4.78 is 4.59. The van der Waals surface area contributed by atoms with Gasteiger partial charge < -0.3 is 10.1 Å². The number of hydrogen-bond donors (Lipinski definition) is 1. The zero-order valence-electron chi connectivity index (χ0n) is 13.7. The Morgan fingerprint density at radius 1 is 1.19 bits per heavy atom. The van der Waals surface area contributed by atoms with E-state index in [-0.39, 0.29) is 28.0 Å². The van der Waals surface area contributed by atoms with E-state index in [4.69, 9.17) is 23.2 Å². The molecule has 0 aliphatic heterocycles. The molecule has 8 heteroatoms. The number of ether oxygens (including phenoxy) is 1. The van der Waals surface area contributed by atoms with Crippen LogP contribution in [0, 0.1) is 0 Å². The van der Waals surface area contributed by atoms with Crippen molar-refractivity contribution in [1.29, 1.82) is 0 Å². The molecule has 0 heterocycles. The first-order valence-electron chi connectivity index (χ1n) is 7.49. The summed E-state index contributed by atoms with van der Waals surface area (Å²) in [6.07, 6.45) is 1.93. The number of hydrogen-bond acceptors (Lipinski definition) is 5. The van der Waals surface area contributed by atoms with Crippen LogP contribution >= 0.6 is 23.2 Å². The Morgan fingerprint density at radius 2 is 1.88 bits per heavy atom. The predicted octanol–water partition coefficient (Wildman–Crippen LogP) is 4.32. The van der Waals surface area contributed by atoms with Gasteiger partial charge in [0, 0.05) is 12.1 Å². The van der Waals surface area contributed by atoms with Gasteiger partial charge in [0.05, 0.1) is 28.4 Å². The summed E-state index contributed by atoms with van der Waals surface area (Å²) in [6.45, 7) is 0. The van der Waals surface area contributed by atoms with Gasteiger partial charge in [-0.15, -0.1) is 0 Å². The summed E-state index contributed by atoms with van der Waals surface area (Å²) in [5, 5.41) is 3.09. The Labute approximate surface area is 159 Å². The minimum Gasteiger partial charge on any atom is -0.469 e. The van der Waals surface area contributed by atoms with Crippen LogP contribution in [-0.4, -0.2) is 25.1 Å². The first-order valence-corrected chi connectivity index (χ1v) is 8.25. The number of benzene rings is 2. The van der Waals surface area contributed by atoms with Crippen LogP contribution in [0.5, 0.6) is 0 Å². The highest BCUT2D eigenvalue weighted by Gasteiger charge is 2.15. The van der Waals surface area contributed by atoms with Crippen LogP contribution in [0.15, 0.2) is 41.4 Å². The van der Waals surface area contributed by atoms with Crippen LogP contribution in [0.1, 0.15) is 22.3 Å². The van der Waals surface area contributed by atoms with Crippen LogP contribution in [0.4, 0.5) is 11.4 Å². The molecule has 26 heavy (non-hydrogen) atoms. The number of carbonyl (C=O) groups is 2. The van der Waals surface area contributed by atoms with Gasteiger partial charge in [-0.05, 0) is 36.2 Å². The molecule has 2 aromatic carbocycles. The van der Waals surface area contributed by atoms with E-state index in [2.05, 4.69) is 15.0 Å². The van der Waals surface area contributed by atoms with E-state index >= 15 is 0 Å². The first kappa shape index (κ1) is 19.7. The van der Waals surface area contributed by atoms with Gasteiger partial charge in [0.2, 0.25) is 6.08 Å². The van der Waals surface area contributed by atoms with Crippen molar-refractivity contribution in [1.82, 2.24) is 0 Å². The zero-order chi connectivity index (χ0) is 19.1. The molecular formula is C18H14Cl2N2O4. The SMILES string of the molecule is COC(=O)CCc1ccc(NC(=O)c2c(Cl)cccc2Cl)cc1N=C=O. The molecule has 2 aromatic rings. The quantitative estimate of drug-likeness (QED) is 0.450. The van der Waals surface area contributed by atoms with Crippen molar-refractivity contribution in [2.75, 3.05) is 12.4 Å². The van der Waals surface area contributed by atoms with E-state index in [9.17, 15) is 14.4 Å². The molecule has 2 rings (SSSR count). The average molecular weight is 393 g/mol. The van der Waals surface area contributed by atoms with Crippen molar-refractivity contribution < 1.29 is 19.1 Å². The number of rotatable bonds is 6. The highest BCUT2D eigenvalue weighted by molar-refractivity contribution is 6.40. The number of amides is 1. The lowest BCUT2D eigenvalue weighted by Crippen LogP contribution is -2.13. The molecule has 0 aliphatic carbocycles. The Kier molecular flexibility index (Phi) is 6.92. The van der Waals surface area contributed by atoms with Crippen molar-refractivity contribution in [2.24, 2.45) is 4.99 Å². The predicted molar refractivity (Wildman–Crippen MR) is 99.0 cm³/mol. The molecule has 0 bridgehead atoms. The first-order chi connectivity index (χ1) is 12.5. The van der Waals surface area contributed by atoms with Gasteiger partial charge in [-0.2, -0.15) is 4.99 Å². The number of anilines is 1. The van der Waals surface area contributed by atoms with Crippen molar-refractivity contribution in [3.8, 4) is 0 Å². The molecule has 0 saturated heterocycles. The lowest BCUT2D eigenvalue weighted by molar-refractivity contribution is -0.140. The Balaban J connectivity index is 2.25. The largest absolute Gasteiger partial charge is 0.469 e. The van der Waals surface area contributed by atoms with E-state index in [1.807, 2.05) is 0 Å². The fourth-order valence-corrected chi connectivity index (χ4v) is 2.82. The van der Waals surface area contributed by atoms with Gasteiger partial charge in [0.1, 0.15) is 0 Å². The number of aryl methyl sites for hydroxylation is 1. The minimum atomic E-state index is -0.496. The topological polar surface area (TPSA) is 84.8 Å². The van der Waals surface area contributed by atoms with Crippen molar-refractivity contribution in [3.63, 3.8) is 0 Å². The number of halogens is 2. The molecule has 6 nitrogen and oxygen atoms in total. The number of isocyanates is 1.